The normalized spacial score (nSPS) is 54.1. The Morgan fingerprint density at radius 2 is 0.844 bits per heavy atom. The van der Waals surface area contributed by atoms with Gasteiger partial charge in [0.1, 0.15) is 11.6 Å². The third-order valence-electron chi connectivity index (χ3n) is 13.6. The van der Waals surface area contributed by atoms with Gasteiger partial charge >= 0.3 is 0 Å². The Labute approximate surface area is 197 Å². The van der Waals surface area contributed by atoms with E-state index < -0.39 is 0 Å². The number of hydrogen-bond donors (Lipinski definition) is 0. The number of Topliss-reactive ketones (excluding diaryl/α,β-unsaturated/α-hetero) is 2. The summed E-state index contributed by atoms with van der Waals surface area (Å²) in [5, 5.41) is 0. The minimum Gasteiger partial charge on any atom is -0.299 e. The second kappa shape index (κ2) is 6.51. The number of ketones is 2. The predicted octanol–water partition coefficient (Wildman–Crippen LogP) is 7.64. The van der Waals surface area contributed by atoms with Gasteiger partial charge in [0, 0.05) is 23.7 Å². The number of hydrogen-bond acceptors (Lipinski definition) is 2. The van der Waals surface area contributed by atoms with Crippen LogP contribution < -0.4 is 0 Å². The van der Waals surface area contributed by atoms with Crippen molar-refractivity contribution in [3.63, 3.8) is 0 Å². The highest BCUT2D eigenvalue weighted by atomic mass is 16.1. The predicted molar refractivity (Wildman–Crippen MR) is 130 cm³/mol. The number of carbonyl (C=O) groups is 2. The molecule has 0 aliphatic heterocycles. The summed E-state index contributed by atoms with van der Waals surface area (Å²) in [6, 6.07) is 0. The fraction of sp³-hybridized carbons (Fsp3) is 0.933. The summed E-state index contributed by atoms with van der Waals surface area (Å²) in [6.45, 7) is 19.5. The summed E-state index contributed by atoms with van der Waals surface area (Å²) >= 11 is 0. The van der Waals surface area contributed by atoms with Crippen LogP contribution in [0.4, 0.5) is 0 Å². The fourth-order valence-corrected chi connectivity index (χ4v) is 11.7. The van der Waals surface area contributed by atoms with Crippen LogP contribution in [0.2, 0.25) is 0 Å². The van der Waals surface area contributed by atoms with Gasteiger partial charge in [-0.3, -0.25) is 9.59 Å². The van der Waals surface area contributed by atoms with Gasteiger partial charge < -0.3 is 0 Å². The lowest BCUT2D eigenvalue weighted by Crippen LogP contribution is -2.68. The third kappa shape index (κ3) is 2.49. The van der Waals surface area contributed by atoms with E-state index in [0.29, 0.717) is 34.2 Å². The summed E-state index contributed by atoms with van der Waals surface area (Å²) < 4.78 is 0. The zero-order valence-corrected chi connectivity index (χ0v) is 22.2. The van der Waals surface area contributed by atoms with Crippen molar-refractivity contribution in [2.45, 2.75) is 120 Å². The average Bonchev–Trinajstić information content (AvgIpc) is 2.69. The molecule has 0 spiro atoms. The summed E-state index contributed by atoms with van der Waals surface area (Å²) in [5.41, 5.74) is 0.942. The Hall–Kier alpha value is -0.660. The van der Waals surface area contributed by atoms with Crippen molar-refractivity contribution >= 4 is 11.6 Å². The van der Waals surface area contributed by atoms with Crippen LogP contribution in [0.5, 0.6) is 0 Å². The largest absolute Gasteiger partial charge is 0.299 e. The van der Waals surface area contributed by atoms with Gasteiger partial charge in [-0.2, -0.15) is 0 Å². The molecule has 0 aromatic heterocycles. The standard InChI is InChI=1S/C30H48O2/c1-25(2)19-11-17-29(7)21(27(19,5)15-13-23(25)31)9-10-22-28(6)16-14-24(32)26(3,4)20(28)12-18-30(22,29)8/h19-22H,9-18H2,1-8H3/t19-,20-,21-,22+,27+,28+,29-,30-/m1/s1. The molecule has 0 aromatic carbocycles. The number of rotatable bonds is 0. The molecule has 180 valence electrons. The average molecular weight is 441 g/mol. The van der Waals surface area contributed by atoms with Gasteiger partial charge in [0.25, 0.3) is 0 Å². The van der Waals surface area contributed by atoms with E-state index in [1.165, 1.54) is 38.5 Å². The monoisotopic (exact) mass is 440 g/mol. The van der Waals surface area contributed by atoms with Crippen LogP contribution in [0.25, 0.3) is 0 Å². The molecule has 2 nitrogen and oxygen atoms in total. The van der Waals surface area contributed by atoms with Crippen LogP contribution in [-0.2, 0) is 9.59 Å². The van der Waals surface area contributed by atoms with Crippen molar-refractivity contribution in [3.8, 4) is 0 Å². The summed E-state index contributed by atoms with van der Waals surface area (Å²) in [6.07, 6.45) is 11.4. The smallest absolute Gasteiger partial charge is 0.138 e. The van der Waals surface area contributed by atoms with Crippen LogP contribution in [-0.4, -0.2) is 11.6 Å². The first-order chi connectivity index (χ1) is 14.7. The molecule has 2 heteroatoms. The van der Waals surface area contributed by atoms with Crippen molar-refractivity contribution in [2.75, 3.05) is 0 Å². The third-order valence-corrected chi connectivity index (χ3v) is 13.6. The summed E-state index contributed by atoms with van der Waals surface area (Å²) in [4.78, 5) is 25.8. The molecule has 5 rings (SSSR count). The lowest BCUT2D eigenvalue weighted by atomic mass is 9.30. The van der Waals surface area contributed by atoms with Crippen molar-refractivity contribution in [2.24, 2.45) is 56.2 Å². The molecule has 0 amide bonds. The van der Waals surface area contributed by atoms with Gasteiger partial charge in [-0.05, 0) is 96.7 Å². The maximum absolute atomic E-state index is 12.9. The van der Waals surface area contributed by atoms with Gasteiger partial charge in [0.15, 0.2) is 0 Å². The zero-order valence-electron chi connectivity index (χ0n) is 22.2. The van der Waals surface area contributed by atoms with Gasteiger partial charge in [-0.15, -0.1) is 0 Å². The highest BCUT2D eigenvalue weighted by Gasteiger charge is 2.71. The maximum Gasteiger partial charge on any atom is 0.138 e. The maximum atomic E-state index is 12.9. The SMILES string of the molecule is CC1(C)C(=O)CC[C@@]2(C)[C@@H]1CC[C@]1(C)[C@@H]2CC[C@H]2[C@@]3(C)CCC(=O)C(C)(C)[C@H]3CC[C@]21C. The molecular formula is C30H48O2. The Morgan fingerprint density at radius 3 is 1.19 bits per heavy atom. The van der Waals surface area contributed by atoms with Gasteiger partial charge in [0.2, 0.25) is 0 Å². The van der Waals surface area contributed by atoms with Crippen molar-refractivity contribution in [3.05, 3.63) is 0 Å². The molecule has 0 heterocycles. The minimum absolute atomic E-state index is 0.163. The van der Waals surface area contributed by atoms with E-state index in [4.69, 9.17) is 0 Å². The van der Waals surface area contributed by atoms with E-state index >= 15 is 0 Å². The Kier molecular flexibility index (Phi) is 4.70. The van der Waals surface area contributed by atoms with E-state index in [9.17, 15) is 9.59 Å². The molecule has 0 radical (unpaired) electrons. The Bertz CT molecular complexity index is 783. The lowest BCUT2D eigenvalue weighted by molar-refractivity contribution is -0.250. The van der Waals surface area contributed by atoms with Crippen molar-refractivity contribution < 1.29 is 9.59 Å². The Balaban J connectivity index is 1.55. The van der Waals surface area contributed by atoms with Gasteiger partial charge in [-0.25, -0.2) is 0 Å². The topological polar surface area (TPSA) is 34.1 Å². The van der Waals surface area contributed by atoms with Crippen molar-refractivity contribution in [1.82, 2.24) is 0 Å². The molecule has 5 aliphatic rings. The fourth-order valence-electron chi connectivity index (χ4n) is 11.7. The molecule has 8 atom stereocenters. The molecular weight excluding hydrogens is 392 g/mol. The van der Waals surface area contributed by atoms with E-state index in [1.807, 2.05) is 0 Å². The first-order valence-corrected chi connectivity index (χ1v) is 13.7. The van der Waals surface area contributed by atoms with Gasteiger partial charge in [0.05, 0.1) is 0 Å². The summed E-state index contributed by atoms with van der Waals surface area (Å²) in [7, 11) is 0. The van der Waals surface area contributed by atoms with Crippen LogP contribution in [0.15, 0.2) is 0 Å². The lowest BCUT2D eigenvalue weighted by Gasteiger charge is -2.74. The molecule has 5 fully saturated rings. The molecule has 32 heavy (non-hydrogen) atoms. The van der Waals surface area contributed by atoms with Crippen molar-refractivity contribution in [1.29, 1.82) is 0 Å². The van der Waals surface area contributed by atoms with E-state index in [-0.39, 0.29) is 21.7 Å². The molecule has 5 saturated carbocycles. The van der Waals surface area contributed by atoms with Crippen LogP contribution in [0, 0.1) is 56.2 Å². The Morgan fingerprint density at radius 1 is 0.500 bits per heavy atom. The van der Waals surface area contributed by atoms with E-state index in [2.05, 4.69) is 55.4 Å². The second-order valence-corrected chi connectivity index (χ2v) is 15.0. The highest BCUT2D eigenvalue weighted by molar-refractivity contribution is 5.86. The van der Waals surface area contributed by atoms with E-state index in [1.54, 1.807) is 0 Å². The molecule has 5 aliphatic carbocycles. The van der Waals surface area contributed by atoms with Crippen LogP contribution in [0.1, 0.15) is 120 Å². The van der Waals surface area contributed by atoms with E-state index in [0.717, 1.165) is 37.5 Å². The first kappa shape index (κ1) is 23.1. The number of fused-ring (bicyclic) bond motifs is 7. The first-order valence-electron chi connectivity index (χ1n) is 13.7. The quantitative estimate of drug-likeness (QED) is 0.388. The zero-order chi connectivity index (χ0) is 23.5. The van der Waals surface area contributed by atoms with Crippen LogP contribution in [0.3, 0.4) is 0 Å². The minimum atomic E-state index is -0.163. The summed E-state index contributed by atoms with van der Waals surface area (Å²) in [5.74, 6) is 3.53. The second-order valence-electron chi connectivity index (χ2n) is 15.0. The molecule has 0 unspecified atom stereocenters. The highest BCUT2D eigenvalue weighted by Crippen LogP contribution is 2.77. The molecule has 0 N–H and O–H groups in total. The molecule has 0 bridgehead atoms. The van der Waals surface area contributed by atoms with Gasteiger partial charge in [-0.1, -0.05) is 55.4 Å². The molecule has 0 saturated heterocycles. The van der Waals surface area contributed by atoms with Crippen LogP contribution >= 0.6 is 0 Å². The number of carbonyl (C=O) groups excluding carboxylic acids is 2. The molecule has 0 aromatic rings.